The molecule has 0 spiro atoms. The summed E-state index contributed by atoms with van der Waals surface area (Å²) in [4.78, 5) is 17.1. The van der Waals surface area contributed by atoms with E-state index in [9.17, 15) is 4.79 Å². The number of methoxy groups -OCH3 is 1. The van der Waals surface area contributed by atoms with Gasteiger partial charge in [-0.25, -0.2) is 4.98 Å². The number of thiophene rings is 1. The van der Waals surface area contributed by atoms with E-state index in [-0.39, 0.29) is 0 Å². The van der Waals surface area contributed by atoms with Gasteiger partial charge in [0.2, 0.25) is 5.91 Å². The summed E-state index contributed by atoms with van der Waals surface area (Å²) < 4.78 is 5.29. The number of nitrogens with one attached hydrogen (secondary N) is 1. The number of carbonyl (C=O) groups excluding carboxylic acids is 1. The number of aromatic nitrogens is 3. The van der Waals surface area contributed by atoms with Crippen molar-refractivity contribution in [3.8, 4) is 16.6 Å². The van der Waals surface area contributed by atoms with E-state index in [1.54, 1.807) is 12.1 Å². The molecule has 28 heavy (non-hydrogen) atoms. The van der Waals surface area contributed by atoms with Crippen LogP contribution in [0.1, 0.15) is 15.9 Å². The van der Waals surface area contributed by atoms with Gasteiger partial charge in [-0.15, -0.1) is 21.5 Å². The smallest absolute Gasteiger partial charge is 0.276 e. The lowest BCUT2D eigenvalue weighted by Crippen LogP contribution is -2.10. The highest BCUT2D eigenvalue weighted by atomic mass is 32.1. The van der Waals surface area contributed by atoms with Crippen LogP contribution < -0.4 is 15.8 Å². The minimum Gasteiger partial charge on any atom is -0.477 e. The maximum atomic E-state index is 11.7. The number of anilines is 1. The van der Waals surface area contributed by atoms with E-state index in [4.69, 9.17) is 10.5 Å². The van der Waals surface area contributed by atoms with Gasteiger partial charge in [-0.3, -0.25) is 4.79 Å². The largest absolute Gasteiger partial charge is 0.477 e. The summed E-state index contributed by atoms with van der Waals surface area (Å²) in [6.45, 7) is 0.576. The molecule has 7 nitrogen and oxygen atoms in total. The SMILES string of the molecule is COc1nnc(-c2scc3c(C(N)=O)cccc23)nc1NCc1ccccc1. The minimum atomic E-state index is -0.464. The number of benzene rings is 2. The molecule has 0 saturated carbocycles. The van der Waals surface area contributed by atoms with Crippen LogP contribution >= 0.6 is 11.3 Å². The number of primary amides is 1. The Balaban J connectivity index is 1.72. The van der Waals surface area contributed by atoms with Gasteiger partial charge in [-0.05, 0) is 11.6 Å². The average Bonchev–Trinajstić information content (AvgIpc) is 3.17. The lowest BCUT2D eigenvalue weighted by molar-refractivity contribution is 0.100. The van der Waals surface area contributed by atoms with Gasteiger partial charge in [0.25, 0.3) is 5.88 Å². The molecular weight excluding hydrogens is 374 g/mol. The number of ether oxygens (including phenoxy) is 1. The Morgan fingerprint density at radius 1 is 1.11 bits per heavy atom. The minimum absolute atomic E-state index is 0.318. The molecule has 0 bridgehead atoms. The van der Waals surface area contributed by atoms with Crippen LogP contribution in [0, 0.1) is 0 Å². The second kappa shape index (κ2) is 7.61. The monoisotopic (exact) mass is 391 g/mol. The molecule has 0 aliphatic carbocycles. The van der Waals surface area contributed by atoms with Crippen molar-refractivity contribution in [2.45, 2.75) is 6.54 Å². The Hall–Kier alpha value is -3.52. The van der Waals surface area contributed by atoms with E-state index in [1.165, 1.54) is 18.4 Å². The summed E-state index contributed by atoms with van der Waals surface area (Å²) in [6, 6.07) is 15.4. The van der Waals surface area contributed by atoms with Crippen molar-refractivity contribution in [2.75, 3.05) is 12.4 Å². The highest BCUT2D eigenvalue weighted by molar-refractivity contribution is 7.15. The predicted molar refractivity (Wildman–Crippen MR) is 109 cm³/mol. The second-order valence-electron chi connectivity index (χ2n) is 6.03. The summed E-state index contributed by atoms with van der Waals surface area (Å²) in [7, 11) is 1.53. The number of nitrogens with zero attached hydrogens (tertiary/aromatic N) is 3. The van der Waals surface area contributed by atoms with Crippen molar-refractivity contribution in [3.63, 3.8) is 0 Å². The molecular formula is C20H17N5O2S. The third kappa shape index (κ3) is 3.37. The third-order valence-corrected chi connectivity index (χ3v) is 5.26. The summed E-state index contributed by atoms with van der Waals surface area (Å²) >= 11 is 1.44. The van der Waals surface area contributed by atoms with E-state index < -0.39 is 5.91 Å². The van der Waals surface area contributed by atoms with Gasteiger partial charge in [0, 0.05) is 28.3 Å². The lowest BCUT2D eigenvalue weighted by atomic mass is 10.1. The molecule has 2 aromatic carbocycles. The number of hydrogen-bond donors (Lipinski definition) is 2. The molecule has 140 valence electrons. The molecule has 3 N–H and O–H groups in total. The summed E-state index contributed by atoms with van der Waals surface area (Å²) in [6.07, 6.45) is 0. The van der Waals surface area contributed by atoms with Crippen LogP contribution in [0.15, 0.2) is 53.9 Å². The van der Waals surface area contributed by atoms with Gasteiger partial charge < -0.3 is 15.8 Å². The zero-order valence-corrected chi connectivity index (χ0v) is 15.9. The standard InChI is InChI=1S/C20H17N5O2S/c1-27-20-19(22-10-12-6-3-2-4-7-12)23-18(24-25-20)16-13-8-5-9-14(17(21)26)15(13)11-28-16/h2-9,11H,10H2,1H3,(H2,21,26)(H,22,23,24). The average molecular weight is 391 g/mol. The van der Waals surface area contributed by atoms with Crippen molar-refractivity contribution in [2.24, 2.45) is 5.73 Å². The lowest BCUT2D eigenvalue weighted by Gasteiger charge is -2.10. The Morgan fingerprint density at radius 2 is 1.93 bits per heavy atom. The fraction of sp³-hybridized carbons (Fsp3) is 0.100. The number of fused-ring (bicyclic) bond motifs is 1. The first kappa shape index (κ1) is 17.9. The fourth-order valence-corrected chi connectivity index (χ4v) is 3.89. The molecule has 0 aliphatic rings. The number of nitrogens with two attached hydrogens (primary N) is 1. The molecule has 0 aliphatic heterocycles. The van der Waals surface area contributed by atoms with E-state index in [0.717, 1.165) is 21.2 Å². The molecule has 2 aromatic heterocycles. The van der Waals surface area contributed by atoms with Crippen LogP contribution in [0.4, 0.5) is 5.82 Å². The van der Waals surface area contributed by atoms with Crippen LogP contribution in [0.5, 0.6) is 5.88 Å². The number of hydrogen-bond acceptors (Lipinski definition) is 7. The molecule has 1 amide bonds. The maximum absolute atomic E-state index is 11.7. The Bertz CT molecular complexity index is 1140. The quantitative estimate of drug-likeness (QED) is 0.522. The van der Waals surface area contributed by atoms with Gasteiger partial charge in [-0.2, -0.15) is 0 Å². The Kier molecular flexibility index (Phi) is 4.86. The third-order valence-electron chi connectivity index (χ3n) is 4.27. The molecule has 4 aromatic rings. The normalized spacial score (nSPS) is 10.8. The molecule has 0 saturated heterocycles. The Labute approximate surface area is 165 Å². The zero-order chi connectivity index (χ0) is 19.5. The highest BCUT2D eigenvalue weighted by Gasteiger charge is 2.17. The first-order chi connectivity index (χ1) is 13.7. The maximum Gasteiger partial charge on any atom is 0.276 e. The molecule has 2 heterocycles. The number of carbonyl (C=O) groups is 1. The van der Waals surface area contributed by atoms with Crippen LogP contribution in [-0.2, 0) is 6.54 Å². The van der Waals surface area contributed by atoms with Gasteiger partial charge in [0.05, 0.1) is 12.0 Å². The Morgan fingerprint density at radius 3 is 2.68 bits per heavy atom. The second-order valence-corrected chi connectivity index (χ2v) is 6.91. The molecule has 8 heteroatoms. The fourth-order valence-electron chi connectivity index (χ4n) is 2.91. The van der Waals surface area contributed by atoms with Gasteiger partial charge in [0.1, 0.15) is 0 Å². The topological polar surface area (TPSA) is 103 Å². The summed E-state index contributed by atoms with van der Waals surface area (Å²) in [5, 5.41) is 15.1. The van der Waals surface area contributed by atoms with Crippen molar-refractivity contribution in [1.82, 2.24) is 15.2 Å². The van der Waals surface area contributed by atoms with Crippen molar-refractivity contribution < 1.29 is 9.53 Å². The first-order valence-corrected chi connectivity index (χ1v) is 9.42. The summed E-state index contributed by atoms with van der Waals surface area (Å²) in [5.41, 5.74) is 7.06. The van der Waals surface area contributed by atoms with Crippen molar-refractivity contribution in [3.05, 3.63) is 65.0 Å². The zero-order valence-electron chi connectivity index (χ0n) is 15.0. The summed E-state index contributed by atoms with van der Waals surface area (Å²) in [5.74, 6) is 0.814. The van der Waals surface area contributed by atoms with Crippen molar-refractivity contribution in [1.29, 1.82) is 0 Å². The number of rotatable bonds is 6. The molecule has 0 unspecified atom stereocenters. The van der Waals surface area contributed by atoms with Crippen LogP contribution in [0.25, 0.3) is 21.5 Å². The predicted octanol–water partition coefficient (Wildman–Crippen LogP) is 3.47. The van der Waals surface area contributed by atoms with Crippen LogP contribution in [0.3, 0.4) is 0 Å². The van der Waals surface area contributed by atoms with Crippen molar-refractivity contribution >= 4 is 33.8 Å². The highest BCUT2D eigenvalue weighted by Crippen LogP contribution is 2.35. The molecule has 0 radical (unpaired) electrons. The van der Waals surface area contributed by atoms with E-state index in [1.807, 2.05) is 41.8 Å². The van der Waals surface area contributed by atoms with Gasteiger partial charge in [-0.1, -0.05) is 42.5 Å². The molecule has 0 atom stereocenters. The van der Waals surface area contributed by atoms with E-state index in [0.29, 0.717) is 29.6 Å². The van der Waals surface area contributed by atoms with Gasteiger partial charge in [0.15, 0.2) is 11.6 Å². The number of amides is 1. The van der Waals surface area contributed by atoms with E-state index >= 15 is 0 Å². The van der Waals surface area contributed by atoms with E-state index in [2.05, 4.69) is 20.5 Å². The molecule has 0 fully saturated rings. The van der Waals surface area contributed by atoms with Gasteiger partial charge >= 0.3 is 0 Å². The first-order valence-electron chi connectivity index (χ1n) is 8.54. The van der Waals surface area contributed by atoms with Crippen LogP contribution in [-0.4, -0.2) is 28.2 Å². The van der Waals surface area contributed by atoms with Crippen LogP contribution in [0.2, 0.25) is 0 Å². The molecule has 4 rings (SSSR count).